The lowest BCUT2D eigenvalue weighted by atomic mass is 9.98. The highest BCUT2D eigenvalue weighted by Gasteiger charge is 2.15. The first-order valence-electron chi connectivity index (χ1n) is 10.7. The Morgan fingerprint density at radius 3 is 2.42 bits per heavy atom. The fourth-order valence-electron chi connectivity index (χ4n) is 3.71. The number of aromatic amines is 1. The molecule has 31 heavy (non-hydrogen) atoms. The number of hydrogen-bond donors (Lipinski definition) is 1. The van der Waals surface area contributed by atoms with Crippen molar-refractivity contribution in [3.05, 3.63) is 70.4 Å². The highest BCUT2D eigenvalue weighted by Crippen LogP contribution is 2.29. The first-order valence-corrected chi connectivity index (χ1v) is 10.7. The van der Waals surface area contributed by atoms with Gasteiger partial charge >= 0.3 is 5.69 Å². The van der Waals surface area contributed by atoms with Gasteiger partial charge in [-0.25, -0.2) is 14.6 Å². The number of nitrogens with one attached hydrogen (secondary N) is 1. The third-order valence-corrected chi connectivity index (χ3v) is 5.16. The average molecular weight is 418 g/mol. The summed E-state index contributed by atoms with van der Waals surface area (Å²) in [6.45, 7) is 7.49. The van der Waals surface area contributed by atoms with Crippen molar-refractivity contribution in [1.29, 1.82) is 0 Å². The van der Waals surface area contributed by atoms with Crippen molar-refractivity contribution in [2.75, 3.05) is 0 Å². The summed E-state index contributed by atoms with van der Waals surface area (Å²) in [6.07, 6.45) is 1.66. The van der Waals surface area contributed by atoms with Crippen molar-refractivity contribution < 1.29 is 0 Å². The van der Waals surface area contributed by atoms with Crippen LogP contribution in [-0.2, 0) is 19.5 Å². The SMILES string of the molecule is CCCn1nc(CC(C)C)n(Cc2ccc(-c3ccccc3-c3nnn[nH]3)cc2)c1=O. The minimum atomic E-state index is -0.0373. The number of hydrogen-bond acceptors (Lipinski definition) is 5. The molecule has 1 N–H and O–H groups in total. The maximum absolute atomic E-state index is 12.9. The Labute approximate surface area is 180 Å². The minimum Gasteiger partial charge on any atom is -0.274 e. The lowest BCUT2D eigenvalue weighted by Gasteiger charge is -2.10. The number of nitrogens with zero attached hydrogens (tertiary/aromatic N) is 6. The summed E-state index contributed by atoms with van der Waals surface area (Å²) in [4.78, 5) is 12.9. The maximum Gasteiger partial charge on any atom is 0.346 e. The third-order valence-electron chi connectivity index (χ3n) is 5.16. The molecule has 2 aromatic heterocycles. The number of aryl methyl sites for hydroxylation is 1. The maximum atomic E-state index is 12.9. The number of aromatic nitrogens is 7. The highest BCUT2D eigenvalue weighted by molar-refractivity contribution is 5.80. The van der Waals surface area contributed by atoms with Crippen molar-refractivity contribution in [1.82, 2.24) is 35.0 Å². The van der Waals surface area contributed by atoms with Crippen LogP contribution in [0, 0.1) is 5.92 Å². The van der Waals surface area contributed by atoms with Gasteiger partial charge in [0.25, 0.3) is 0 Å². The third kappa shape index (κ3) is 4.47. The van der Waals surface area contributed by atoms with Gasteiger partial charge < -0.3 is 0 Å². The van der Waals surface area contributed by atoms with E-state index in [9.17, 15) is 4.79 Å². The molecular weight excluding hydrogens is 390 g/mol. The summed E-state index contributed by atoms with van der Waals surface area (Å²) < 4.78 is 3.40. The van der Waals surface area contributed by atoms with Crippen molar-refractivity contribution in [2.45, 2.75) is 46.7 Å². The van der Waals surface area contributed by atoms with Crippen LogP contribution in [0.5, 0.6) is 0 Å². The van der Waals surface area contributed by atoms with Crippen molar-refractivity contribution in [3.8, 4) is 22.5 Å². The van der Waals surface area contributed by atoms with Gasteiger partial charge in [0.1, 0.15) is 5.82 Å². The molecule has 0 atom stereocenters. The number of rotatable bonds is 8. The zero-order valence-corrected chi connectivity index (χ0v) is 18.1. The topological polar surface area (TPSA) is 94.3 Å². The fourth-order valence-corrected chi connectivity index (χ4v) is 3.71. The number of H-pyrrole nitrogens is 1. The predicted molar refractivity (Wildman–Crippen MR) is 119 cm³/mol. The van der Waals surface area contributed by atoms with Crippen LogP contribution in [0.25, 0.3) is 22.5 Å². The van der Waals surface area contributed by atoms with E-state index in [1.165, 1.54) is 0 Å². The van der Waals surface area contributed by atoms with Crippen molar-refractivity contribution >= 4 is 0 Å². The molecule has 8 heteroatoms. The van der Waals surface area contributed by atoms with Gasteiger partial charge in [0.05, 0.1) is 6.54 Å². The van der Waals surface area contributed by atoms with Gasteiger partial charge in [-0.3, -0.25) is 4.57 Å². The van der Waals surface area contributed by atoms with E-state index in [0.717, 1.165) is 40.9 Å². The molecule has 0 saturated heterocycles. The molecular formula is C23H27N7O. The van der Waals surface area contributed by atoms with Crippen LogP contribution in [0.2, 0.25) is 0 Å². The molecule has 4 rings (SSSR count). The quantitative estimate of drug-likeness (QED) is 0.473. The lowest BCUT2D eigenvalue weighted by Crippen LogP contribution is -2.26. The Kier molecular flexibility index (Phi) is 6.06. The van der Waals surface area contributed by atoms with Gasteiger partial charge in [-0.1, -0.05) is 69.3 Å². The molecule has 0 spiro atoms. The Hall–Kier alpha value is -3.55. The van der Waals surface area contributed by atoms with E-state index in [-0.39, 0.29) is 5.69 Å². The number of tetrazole rings is 1. The summed E-state index contributed by atoms with van der Waals surface area (Å²) in [5.74, 6) is 1.91. The summed E-state index contributed by atoms with van der Waals surface area (Å²) in [6, 6.07) is 16.3. The predicted octanol–water partition coefficient (Wildman–Crippen LogP) is 3.55. The first-order chi connectivity index (χ1) is 15.1. The second-order valence-corrected chi connectivity index (χ2v) is 8.10. The monoisotopic (exact) mass is 417 g/mol. The van der Waals surface area contributed by atoms with Crippen LogP contribution < -0.4 is 5.69 Å². The van der Waals surface area contributed by atoms with Gasteiger partial charge in [0.2, 0.25) is 0 Å². The molecule has 0 saturated carbocycles. The Morgan fingerprint density at radius 2 is 1.77 bits per heavy atom. The Morgan fingerprint density at radius 1 is 1.03 bits per heavy atom. The van der Waals surface area contributed by atoms with Gasteiger partial charge in [0, 0.05) is 18.5 Å². The molecule has 2 aromatic carbocycles. The zero-order chi connectivity index (χ0) is 21.8. The second-order valence-electron chi connectivity index (χ2n) is 8.10. The van der Waals surface area contributed by atoms with E-state index < -0.39 is 0 Å². The van der Waals surface area contributed by atoms with Crippen LogP contribution in [0.15, 0.2) is 53.3 Å². The van der Waals surface area contributed by atoms with E-state index in [0.29, 0.717) is 24.8 Å². The summed E-state index contributed by atoms with van der Waals surface area (Å²) in [5, 5.41) is 18.8. The van der Waals surface area contributed by atoms with Crippen LogP contribution in [-0.4, -0.2) is 35.0 Å². The average Bonchev–Trinajstić information content (AvgIpc) is 3.39. The summed E-state index contributed by atoms with van der Waals surface area (Å²) in [5.41, 5.74) is 4.07. The normalized spacial score (nSPS) is 11.4. The van der Waals surface area contributed by atoms with Crippen LogP contribution in [0.3, 0.4) is 0 Å². The summed E-state index contributed by atoms with van der Waals surface area (Å²) >= 11 is 0. The first kappa shape index (κ1) is 20.7. The highest BCUT2D eigenvalue weighted by atomic mass is 16.2. The lowest BCUT2D eigenvalue weighted by molar-refractivity contribution is 0.562. The van der Waals surface area contributed by atoms with Crippen molar-refractivity contribution in [2.24, 2.45) is 5.92 Å². The molecule has 4 aromatic rings. The fraction of sp³-hybridized carbons (Fsp3) is 0.348. The smallest absolute Gasteiger partial charge is 0.274 e. The molecule has 0 aliphatic carbocycles. The van der Waals surface area contributed by atoms with Crippen molar-refractivity contribution in [3.63, 3.8) is 0 Å². The largest absolute Gasteiger partial charge is 0.346 e. The summed E-state index contributed by atoms with van der Waals surface area (Å²) in [7, 11) is 0. The molecule has 0 bridgehead atoms. The minimum absolute atomic E-state index is 0.0373. The van der Waals surface area contributed by atoms with E-state index in [1.807, 2.05) is 24.3 Å². The molecule has 0 unspecified atom stereocenters. The molecule has 0 radical (unpaired) electrons. The Balaban J connectivity index is 1.63. The second kappa shape index (κ2) is 9.07. The molecule has 2 heterocycles. The van der Waals surface area contributed by atoms with Crippen LogP contribution in [0.4, 0.5) is 0 Å². The molecule has 8 nitrogen and oxygen atoms in total. The van der Waals surface area contributed by atoms with Crippen LogP contribution >= 0.6 is 0 Å². The van der Waals surface area contributed by atoms with E-state index in [2.05, 4.69) is 70.8 Å². The van der Waals surface area contributed by atoms with Gasteiger partial charge in [-0.2, -0.15) is 5.10 Å². The van der Waals surface area contributed by atoms with Gasteiger partial charge in [-0.05, 0) is 39.5 Å². The van der Waals surface area contributed by atoms with E-state index >= 15 is 0 Å². The van der Waals surface area contributed by atoms with E-state index in [1.54, 1.807) is 9.25 Å². The standard InChI is InChI=1S/C23H27N7O/c1-4-13-30-23(31)29(21(26-30)14-16(2)3)15-17-9-11-18(12-10-17)19-7-5-6-8-20(19)22-24-27-28-25-22/h5-12,16H,4,13-15H2,1-3H3,(H,24,25,27,28). The Bertz CT molecular complexity index is 1190. The molecule has 0 fully saturated rings. The molecule has 0 aliphatic rings. The van der Waals surface area contributed by atoms with Gasteiger partial charge in [-0.15, -0.1) is 5.10 Å². The van der Waals surface area contributed by atoms with E-state index in [4.69, 9.17) is 0 Å². The molecule has 0 amide bonds. The zero-order valence-electron chi connectivity index (χ0n) is 18.1. The van der Waals surface area contributed by atoms with Gasteiger partial charge in [0.15, 0.2) is 5.82 Å². The number of benzene rings is 2. The van der Waals surface area contributed by atoms with Crippen LogP contribution in [0.1, 0.15) is 38.6 Å². The molecule has 0 aliphatic heterocycles. The molecule has 160 valence electrons.